The fraction of sp³-hybridized carbons (Fsp3) is 1.00. The zero-order valence-corrected chi connectivity index (χ0v) is 12.6. The predicted molar refractivity (Wildman–Crippen MR) is 73.4 cm³/mol. The molecule has 0 radical (unpaired) electrons. The Kier molecular flexibility index (Phi) is 6.49. The molecule has 4 nitrogen and oxygen atoms in total. The Morgan fingerprint density at radius 2 is 1.77 bits per heavy atom. The van der Waals surface area contributed by atoms with E-state index in [1.165, 1.54) is 6.42 Å². The lowest BCUT2D eigenvalue weighted by atomic mass is 9.87. The minimum absolute atomic E-state index is 0.00246. The first-order valence-corrected chi connectivity index (χ1v) is 8.05. The highest BCUT2D eigenvalue weighted by atomic mass is 19.4. The van der Waals surface area contributed by atoms with Gasteiger partial charge in [0.05, 0.1) is 6.10 Å². The maximum absolute atomic E-state index is 13.2. The summed E-state index contributed by atoms with van der Waals surface area (Å²) in [6.45, 7) is -0.0149. The standard InChI is InChI=1S/C15H25F3O4/c16-15(17,18)14(13-12(20)11(19)7-9-21-13)22-8-6-10-4-2-1-3-5-10/h10-14,19-20H,1-9H2/t11-,12+,13+,14-/m1/s1. The van der Waals surface area contributed by atoms with Crippen molar-refractivity contribution in [3.8, 4) is 0 Å². The molecule has 2 N–H and O–H groups in total. The zero-order valence-electron chi connectivity index (χ0n) is 12.6. The largest absolute Gasteiger partial charge is 0.417 e. The molecule has 1 saturated heterocycles. The molecule has 0 aromatic rings. The summed E-state index contributed by atoms with van der Waals surface area (Å²) >= 11 is 0. The van der Waals surface area contributed by atoms with Crippen molar-refractivity contribution in [2.45, 2.75) is 75.5 Å². The summed E-state index contributed by atoms with van der Waals surface area (Å²) in [6.07, 6.45) is -4.90. The van der Waals surface area contributed by atoms with Crippen LogP contribution >= 0.6 is 0 Å². The van der Waals surface area contributed by atoms with Gasteiger partial charge in [-0.15, -0.1) is 0 Å². The van der Waals surface area contributed by atoms with E-state index in [-0.39, 0.29) is 19.6 Å². The lowest BCUT2D eigenvalue weighted by Gasteiger charge is -2.37. The first kappa shape index (κ1) is 18.0. The Hall–Kier alpha value is -0.370. The molecule has 0 unspecified atom stereocenters. The van der Waals surface area contributed by atoms with Crippen molar-refractivity contribution in [3.05, 3.63) is 0 Å². The molecule has 7 heteroatoms. The second kappa shape index (κ2) is 7.95. The van der Waals surface area contributed by atoms with E-state index < -0.39 is 30.6 Å². The van der Waals surface area contributed by atoms with E-state index in [1.807, 2.05) is 0 Å². The van der Waals surface area contributed by atoms with E-state index in [1.54, 1.807) is 0 Å². The molecule has 0 amide bonds. The number of ether oxygens (including phenoxy) is 2. The Morgan fingerprint density at radius 1 is 1.09 bits per heavy atom. The first-order chi connectivity index (χ1) is 10.4. The van der Waals surface area contributed by atoms with Crippen LogP contribution in [0.1, 0.15) is 44.9 Å². The molecular formula is C15H25F3O4. The Bertz CT molecular complexity index is 331. The van der Waals surface area contributed by atoms with Crippen LogP contribution in [0.2, 0.25) is 0 Å². The van der Waals surface area contributed by atoms with Gasteiger partial charge in [-0.05, 0) is 18.8 Å². The SMILES string of the molecule is O[C@@H]1[C@@H]([C@@H](OCCC2CCCCC2)C(F)(F)F)OCC[C@H]1O. The van der Waals surface area contributed by atoms with Crippen molar-refractivity contribution in [2.75, 3.05) is 13.2 Å². The Morgan fingerprint density at radius 3 is 2.41 bits per heavy atom. The molecule has 1 aliphatic heterocycles. The van der Waals surface area contributed by atoms with Crippen molar-refractivity contribution in [3.63, 3.8) is 0 Å². The molecule has 2 aliphatic rings. The topological polar surface area (TPSA) is 58.9 Å². The second-order valence-electron chi connectivity index (χ2n) is 6.31. The molecule has 4 atom stereocenters. The van der Waals surface area contributed by atoms with Crippen molar-refractivity contribution in [1.82, 2.24) is 0 Å². The number of hydrogen-bond donors (Lipinski definition) is 2. The van der Waals surface area contributed by atoms with Crippen molar-refractivity contribution < 1.29 is 32.9 Å². The number of alkyl halides is 3. The van der Waals surface area contributed by atoms with E-state index in [2.05, 4.69) is 0 Å². The Balaban J connectivity index is 1.88. The van der Waals surface area contributed by atoms with Crippen LogP contribution in [0.5, 0.6) is 0 Å². The maximum Gasteiger partial charge on any atom is 0.417 e. The highest BCUT2D eigenvalue weighted by molar-refractivity contribution is 4.90. The van der Waals surface area contributed by atoms with Crippen molar-refractivity contribution in [2.24, 2.45) is 5.92 Å². The molecule has 0 spiro atoms. The summed E-state index contributed by atoms with van der Waals surface area (Å²) in [7, 11) is 0. The normalized spacial score (nSPS) is 32.9. The van der Waals surface area contributed by atoms with Crippen LogP contribution in [0.3, 0.4) is 0 Å². The average molecular weight is 326 g/mol. The summed E-state index contributed by atoms with van der Waals surface area (Å²) in [5, 5.41) is 19.3. The van der Waals surface area contributed by atoms with Crippen molar-refractivity contribution in [1.29, 1.82) is 0 Å². The number of halogens is 3. The van der Waals surface area contributed by atoms with Gasteiger partial charge in [0, 0.05) is 13.2 Å². The lowest BCUT2D eigenvalue weighted by Crippen LogP contribution is -2.55. The molecule has 1 heterocycles. The number of aliphatic hydroxyl groups excluding tert-OH is 2. The number of hydrogen-bond acceptors (Lipinski definition) is 4. The van der Waals surface area contributed by atoms with Gasteiger partial charge in [-0.1, -0.05) is 32.1 Å². The lowest BCUT2D eigenvalue weighted by molar-refractivity contribution is -0.280. The van der Waals surface area contributed by atoms with E-state index >= 15 is 0 Å². The van der Waals surface area contributed by atoms with Gasteiger partial charge in [-0.25, -0.2) is 0 Å². The van der Waals surface area contributed by atoms with Crippen LogP contribution in [0.25, 0.3) is 0 Å². The molecule has 22 heavy (non-hydrogen) atoms. The quantitative estimate of drug-likeness (QED) is 0.815. The van der Waals surface area contributed by atoms with Crippen LogP contribution in [-0.2, 0) is 9.47 Å². The van der Waals surface area contributed by atoms with E-state index in [4.69, 9.17) is 9.47 Å². The van der Waals surface area contributed by atoms with Crippen LogP contribution in [-0.4, -0.2) is 54.0 Å². The minimum Gasteiger partial charge on any atom is -0.390 e. The molecule has 130 valence electrons. The minimum atomic E-state index is -4.63. The van der Waals surface area contributed by atoms with E-state index in [0.29, 0.717) is 12.3 Å². The smallest absolute Gasteiger partial charge is 0.390 e. The van der Waals surface area contributed by atoms with E-state index in [9.17, 15) is 23.4 Å². The molecule has 1 saturated carbocycles. The number of aliphatic hydroxyl groups is 2. The van der Waals surface area contributed by atoms with E-state index in [0.717, 1.165) is 25.7 Å². The van der Waals surface area contributed by atoms with Gasteiger partial charge in [0.1, 0.15) is 12.2 Å². The van der Waals surface area contributed by atoms with Gasteiger partial charge < -0.3 is 19.7 Å². The van der Waals surface area contributed by atoms with Gasteiger partial charge in [0.25, 0.3) is 0 Å². The third kappa shape index (κ3) is 4.81. The molecule has 2 fully saturated rings. The fourth-order valence-electron chi connectivity index (χ4n) is 3.29. The summed E-state index contributed by atoms with van der Waals surface area (Å²) in [6, 6.07) is 0. The van der Waals surface area contributed by atoms with Crippen LogP contribution in [0, 0.1) is 5.92 Å². The molecule has 1 aliphatic carbocycles. The van der Waals surface area contributed by atoms with Gasteiger partial charge in [-0.3, -0.25) is 0 Å². The van der Waals surface area contributed by atoms with Crippen molar-refractivity contribution >= 4 is 0 Å². The van der Waals surface area contributed by atoms with Gasteiger partial charge in [0.15, 0.2) is 6.10 Å². The molecule has 2 rings (SSSR count). The third-order valence-electron chi connectivity index (χ3n) is 4.62. The first-order valence-electron chi connectivity index (χ1n) is 8.05. The molecule has 0 bridgehead atoms. The monoisotopic (exact) mass is 326 g/mol. The number of rotatable bonds is 5. The molecular weight excluding hydrogens is 301 g/mol. The molecule has 0 aromatic heterocycles. The highest BCUT2D eigenvalue weighted by Gasteiger charge is 2.51. The summed E-state index contributed by atoms with van der Waals surface area (Å²) < 4.78 is 49.6. The van der Waals surface area contributed by atoms with Crippen LogP contribution in [0.4, 0.5) is 13.2 Å². The van der Waals surface area contributed by atoms with Gasteiger partial charge >= 0.3 is 6.18 Å². The zero-order chi connectivity index (χ0) is 16.2. The molecule has 0 aromatic carbocycles. The van der Waals surface area contributed by atoms with Crippen LogP contribution < -0.4 is 0 Å². The average Bonchev–Trinajstić information content (AvgIpc) is 2.47. The van der Waals surface area contributed by atoms with Gasteiger partial charge in [-0.2, -0.15) is 13.2 Å². The fourth-order valence-corrected chi connectivity index (χ4v) is 3.29. The highest BCUT2D eigenvalue weighted by Crippen LogP contribution is 2.32. The second-order valence-corrected chi connectivity index (χ2v) is 6.31. The van der Waals surface area contributed by atoms with Gasteiger partial charge in [0.2, 0.25) is 0 Å². The maximum atomic E-state index is 13.2. The summed E-state index contributed by atoms with van der Waals surface area (Å²) in [4.78, 5) is 0. The predicted octanol–water partition coefficient (Wildman–Crippen LogP) is 2.42. The summed E-state index contributed by atoms with van der Waals surface area (Å²) in [5.74, 6) is 0.422. The third-order valence-corrected chi connectivity index (χ3v) is 4.62. The summed E-state index contributed by atoms with van der Waals surface area (Å²) in [5.41, 5.74) is 0. The Labute approximate surface area is 128 Å². The van der Waals surface area contributed by atoms with Crippen LogP contribution in [0.15, 0.2) is 0 Å².